The summed E-state index contributed by atoms with van der Waals surface area (Å²) in [6, 6.07) is 13.9. The predicted molar refractivity (Wildman–Crippen MR) is 112 cm³/mol. The van der Waals surface area contributed by atoms with Crippen LogP contribution in [0.15, 0.2) is 61.2 Å². The van der Waals surface area contributed by atoms with E-state index in [1.165, 1.54) is 5.56 Å². The molecule has 0 fully saturated rings. The van der Waals surface area contributed by atoms with Gasteiger partial charge in [-0.3, -0.25) is 0 Å². The molecule has 0 saturated heterocycles. The van der Waals surface area contributed by atoms with Crippen LogP contribution < -0.4 is 4.74 Å². The van der Waals surface area contributed by atoms with Gasteiger partial charge in [-0.25, -0.2) is 4.98 Å². The van der Waals surface area contributed by atoms with Crippen LogP contribution >= 0.6 is 23.2 Å². The molecule has 0 spiro atoms. The summed E-state index contributed by atoms with van der Waals surface area (Å²) in [6.07, 6.45) is 9.02. The molecule has 3 nitrogen and oxygen atoms in total. The molecule has 0 aliphatic rings. The molecule has 5 heteroatoms. The molecule has 1 heterocycles. The Labute approximate surface area is 170 Å². The van der Waals surface area contributed by atoms with Crippen molar-refractivity contribution in [1.29, 1.82) is 0 Å². The Balaban J connectivity index is 1.72. The first-order chi connectivity index (χ1) is 13.2. The quantitative estimate of drug-likeness (QED) is 0.395. The fourth-order valence-corrected chi connectivity index (χ4v) is 3.59. The Morgan fingerprint density at radius 2 is 1.93 bits per heavy atom. The van der Waals surface area contributed by atoms with E-state index in [1.807, 2.05) is 43.0 Å². The number of rotatable bonds is 9. The second kappa shape index (κ2) is 9.82. The van der Waals surface area contributed by atoms with Crippen molar-refractivity contribution in [3.8, 4) is 5.75 Å². The van der Waals surface area contributed by atoms with E-state index < -0.39 is 0 Å². The number of aromatic nitrogens is 2. The van der Waals surface area contributed by atoms with Gasteiger partial charge in [-0.2, -0.15) is 0 Å². The van der Waals surface area contributed by atoms with Crippen LogP contribution in [0, 0.1) is 0 Å². The highest BCUT2D eigenvalue weighted by molar-refractivity contribution is 6.42. The zero-order chi connectivity index (χ0) is 19.1. The van der Waals surface area contributed by atoms with Crippen LogP contribution in [0.1, 0.15) is 43.2 Å². The van der Waals surface area contributed by atoms with Crippen molar-refractivity contribution in [3.63, 3.8) is 0 Å². The van der Waals surface area contributed by atoms with Crippen molar-refractivity contribution in [1.82, 2.24) is 9.55 Å². The molecule has 3 aromatic rings. The smallest absolute Gasteiger partial charge is 0.123 e. The molecule has 2 aromatic carbocycles. The Bertz CT molecular complexity index is 849. The van der Waals surface area contributed by atoms with Crippen molar-refractivity contribution in [2.24, 2.45) is 0 Å². The minimum absolute atomic E-state index is 0.447. The standard InChI is InChI=1S/C22H24Cl2N2O/c1-2-5-18(10-12-26-13-11-25-16-26)19-6-3-4-7-22(19)27-15-17-8-9-20(23)21(24)14-17/h3-4,6-9,11,13-14,16,18H,2,5,10,12,15H2,1H3. The molecule has 1 atom stereocenters. The van der Waals surface area contributed by atoms with Crippen LogP contribution in [0.2, 0.25) is 10.0 Å². The SMILES string of the molecule is CCCC(CCn1ccnc1)c1ccccc1OCc1ccc(Cl)c(Cl)c1. The summed E-state index contributed by atoms with van der Waals surface area (Å²) >= 11 is 12.1. The van der Waals surface area contributed by atoms with Gasteiger partial charge in [0.1, 0.15) is 12.4 Å². The lowest BCUT2D eigenvalue weighted by atomic mass is 9.90. The lowest BCUT2D eigenvalue weighted by Crippen LogP contribution is -2.07. The molecule has 0 aliphatic heterocycles. The summed E-state index contributed by atoms with van der Waals surface area (Å²) in [7, 11) is 0. The molecule has 0 N–H and O–H groups in total. The summed E-state index contributed by atoms with van der Waals surface area (Å²) < 4.78 is 8.29. The average molecular weight is 403 g/mol. The summed E-state index contributed by atoms with van der Waals surface area (Å²) in [5.41, 5.74) is 2.27. The van der Waals surface area contributed by atoms with Crippen LogP contribution in [0.3, 0.4) is 0 Å². The second-order valence-corrected chi connectivity index (χ2v) is 7.46. The lowest BCUT2D eigenvalue weighted by Gasteiger charge is -2.20. The Kier molecular flexibility index (Phi) is 7.19. The fraction of sp³-hybridized carbons (Fsp3) is 0.318. The third-order valence-corrected chi connectivity index (χ3v) is 5.41. The maximum absolute atomic E-state index is 6.16. The van der Waals surface area contributed by atoms with Gasteiger partial charge in [-0.05, 0) is 48.1 Å². The molecule has 0 amide bonds. The van der Waals surface area contributed by atoms with E-state index in [0.29, 0.717) is 22.6 Å². The molecule has 0 bridgehead atoms. The first-order valence-corrected chi connectivity index (χ1v) is 10.0. The van der Waals surface area contributed by atoms with Crippen LogP contribution in [-0.2, 0) is 13.2 Å². The zero-order valence-corrected chi connectivity index (χ0v) is 17.0. The van der Waals surface area contributed by atoms with Crippen LogP contribution in [0.5, 0.6) is 5.75 Å². The maximum Gasteiger partial charge on any atom is 0.123 e. The van der Waals surface area contributed by atoms with Gasteiger partial charge >= 0.3 is 0 Å². The van der Waals surface area contributed by atoms with Gasteiger partial charge in [-0.1, -0.05) is 60.8 Å². The average Bonchev–Trinajstić information content (AvgIpc) is 3.20. The van der Waals surface area contributed by atoms with Crippen LogP contribution in [0.4, 0.5) is 0 Å². The molecule has 0 saturated carbocycles. The van der Waals surface area contributed by atoms with E-state index in [0.717, 1.165) is 37.1 Å². The normalized spacial score (nSPS) is 12.1. The van der Waals surface area contributed by atoms with Gasteiger partial charge in [0.15, 0.2) is 0 Å². The van der Waals surface area contributed by atoms with E-state index in [1.54, 1.807) is 6.07 Å². The maximum atomic E-state index is 6.16. The van der Waals surface area contributed by atoms with E-state index in [2.05, 4.69) is 28.6 Å². The number of halogens is 2. The van der Waals surface area contributed by atoms with E-state index in [9.17, 15) is 0 Å². The first-order valence-electron chi connectivity index (χ1n) is 9.28. The monoisotopic (exact) mass is 402 g/mol. The highest BCUT2D eigenvalue weighted by atomic mass is 35.5. The molecule has 0 radical (unpaired) electrons. The molecule has 1 unspecified atom stereocenters. The highest BCUT2D eigenvalue weighted by Gasteiger charge is 2.16. The number of benzene rings is 2. The highest BCUT2D eigenvalue weighted by Crippen LogP contribution is 2.33. The third kappa shape index (κ3) is 5.50. The van der Waals surface area contributed by atoms with Gasteiger partial charge in [0.2, 0.25) is 0 Å². The van der Waals surface area contributed by atoms with Crippen molar-refractivity contribution in [2.45, 2.75) is 45.3 Å². The number of imidazole rings is 1. The molecular formula is C22H24Cl2N2O. The van der Waals surface area contributed by atoms with Gasteiger partial charge in [0.25, 0.3) is 0 Å². The third-order valence-electron chi connectivity index (χ3n) is 4.67. The number of para-hydroxylation sites is 1. The summed E-state index contributed by atoms with van der Waals surface area (Å²) in [4.78, 5) is 4.13. The van der Waals surface area contributed by atoms with Crippen LogP contribution in [-0.4, -0.2) is 9.55 Å². The number of aryl methyl sites for hydroxylation is 1. The predicted octanol–water partition coefficient (Wildman–Crippen LogP) is 6.74. The fourth-order valence-electron chi connectivity index (χ4n) is 3.27. The second-order valence-electron chi connectivity index (χ2n) is 6.65. The van der Waals surface area contributed by atoms with E-state index in [4.69, 9.17) is 27.9 Å². The minimum Gasteiger partial charge on any atom is -0.489 e. The van der Waals surface area contributed by atoms with Gasteiger partial charge in [-0.15, -0.1) is 0 Å². The molecule has 3 rings (SSSR count). The van der Waals surface area contributed by atoms with Crippen molar-refractivity contribution < 1.29 is 4.74 Å². The Morgan fingerprint density at radius 3 is 2.67 bits per heavy atom. The van der Waals surface area contributed by atoms with Gasteiger partial charge in [0.05, 0.1) is 16.4 Å². The zero-order valence-electron chi connectivity index (χ0n) is 15.4. The summed E-state index contributed by atoms with van der Waals surface area (Å²) in [5, 5.41) is 1.11. The first kappa shape index (κ1) is 19.8. The Morgan fingerprint density at radius 1 is 1.07 bits per heavy atom. The molecule has 0 aliphatic carbocycles. The molecule has 142 valence electrons. The Hall–Kier alpha value is -1.97. The molecule has 27 heavy (non-hydrogen) atoms. The summed E-state index contributed by atoms with van der Waals surface area (Å²) in [5.74, 6) is 1.38. The van der Waals surface area contributed by atoms with Gasteiger partial charge in [0, 0.05) is 18.9 Å². The number of nitrogens with zero attached hydrogens (tertiary/aromatic N) is 2. The summed E-state index contributed by atoms with van der Waals surface area (Å²) in [6.45, 7) is 3.64. The lowest BCUT2D eigenvalue weighted by molar-refractivity contribution is 0.299. The molecular weight excluding hydrogens is 379 g/mol. The molecule has 1 aromatic heterocycles. The van der Waals surface area contributed by atoms with Crippen molar-refractivity contribution >= 4 is 23.2 Å². The number of hydrogen-bond acceptors (Lipinski definition) is 2. The number of ether oxygens (including phenoxy) is 1. The van der Waals surface area contributed by atoms with Crippen molar-refractivity contribution in [2.75, 3.05) is 0 Å². The van der Waals surface area contributed by atoms with Crippen LogP contribution in [0.25, 0.3) is 0 Å². The van der Waals surface area contributed by atoms with E-state index >= 15 is 0 Å². The topological polar surface area (TPSA) is 27.1 Å². The van der Waals surface area contributed by atoms with Crippen molar-refractivity contribution in [3.05, 3.63) is 82.4 Å². The largest absolute Gasteiger partial charge is 0.489 e. The van der Waals surface area contributed by atoms with Gasteiger partial charge < -0.3 is 9.30 Å². The number of hydrogen-bond donors (Lipinski definition) is 0. The van der Waals surface area contributed by atoms with E-state index in [-0.39, 0.29) is 0 Å². The minimum atomic E-state index is 0.447.